The second-order valence-corrected chi connectivity index (χ2v) is 8.80. The largest absolute Gasteiger partial charge is 0.453 e. The summed E-state index contributed by atoms with van der Waals surface area (Å²) < 4.78 is 9.03. The molecule has 0 fully saturated rings. The summed E-state index contributed by atoms with van der Waals surface area (Å²) in [4.78, 5) is 4.95. The van der Waals surface area contributed by atoms with Crippen molar-refractivity contribution >= 4 is 43.9 Å². The minimum absolute atomic E-state index is 0.867. The Morgan fingerprint density at radius 3 is 2.42 bits per heavy atom. The first kappa shape index (κ1) is 17.2. The molecule has 33 heavy (non-hydrogen) atoms. The Kier molecular flexibility index (Phi) is 3.19. The lowest BCUT2D eigenvalue weighted by atomic mass is 10.0. The molecule has 0 bridgehead atoms. The Morgan fingerprint density at radius 1 is 0.667 bits per heavy atom. The molecule has 3 nitrogen and oxygen atoms in total. The van der Waals surface area contributed by atoms with E-state index in [2.05, 4.69) is 89.5 Å². The fraction of sp³-hybridized carbons (Fsp3) is 0.0333. The molecular formula is C30H18N2O. The number of benzene rings is 4. The van der Waals surface area contributed by atoms with Crippen LogP contribution in [-0.4, -0.2) is 9.55 Å². The average Bonchev–Trinajstić information content (AvgIpc) is 3.53. The predicted octanol–water partition coefficient (Wildman–Crippen LogP) is 7.65. The highest BCUT2D eigenvalue weighted by atomic mass is 16.3. The molecule has 154 valence electrons. The molecule has 1 aliphatic rings. The van der Waals surface area contributed by atoms with Crippen LogP contribution in [0.4, 0.5) is 0 Å². The lowest BCUT2D eigenvalue weighted by Gasteiger charge is -2.06. The average molecular weight is 422 g/mol. The van der Waals surface area contributed by atoms with E-state index in [9.17, 15) is 0 Å². The maximum atomic E-state index is 6.75. The molecule has 7 aromatic rings. The van der Waals surface area contributed by atoms with Crippen molar-refractivity contribution in [1.29, 1.82) is 0 Å². The van der Waals surface area contributed by atoms with Gasteiger partial charge in [-0.05, 0) is 47.4 Å². The summed E-state index contributed by atoms with van der Waals surface area (Å²) in [7, 11) is 0. The third-order valence-corrected chi connectivity index (χ3v) is 7.05. The van der Waals surface area contributed by atoms with Gasteiger partial charge in [0.1, 0.15) is 11.1 Å². The van der Waals surface area contributed by atoms with E-state index in [4.69, 9.17) is 9.40 Å². The number of furan rings is 1. The van der Waals surface area contributed by atoms with Gasteiger partial charge in [0.2, 0.25) is 0 Å². The molecule has 0 aliphatic heterocycles. The normalized spacial score (nSPS) is 12.7. The van der Waals surface area contributed by atoms with Gasteiger partial charge in [0.25, 0.3) is 0 Å². The van der Waals surface area contributed by atoms with Crippen LogP contribution in [-0.2, 0) is 6.42 Å². The molecule has 0 saturated carbocycles. The Bertz CT molecular complexity index is 1890. The summed E-state index contributed by atoms with van der Waals surface area (Å²) in [6.07, 6.45) is 2.95. The van der Waals surface area contributed by atoms with Crippen molar-refractivity contribution in [3.05, 3.63) is 108 Å². The topological polar surface area (TPSA) is 31.0 Å². The maximum absolute atomic E-state index is 6.75. The lowest BCUT2D eigenvalue weighted by molar-refractivity contribution is 0.673. The number of para-hydroxylation sites is 2. The monoisotopic (exact) mass is 422 g/mol. The predicted molar refractivity (Wildman–Crippen MR) is 134 cm³/mol. The van der Waals surface area contributed by atoms with Gasteiger partial charge in [0, 0.05) is 22.0 Å². The molecular weight excluding hydrogens is 404 g/mol. The molecule has 8 rings (SSSR count). The molecule has 4 aromatic carbocycles. The SMILES string of the molecule is c1ccc(-n2c3ccccc3c3c4oc5c6c(ccc5c4ncc32)Cc2ccccc2-6)cc1. The van der Waals surface area contributed by atoms with Gasteiger partial charge in [-0.3, -0.25) is 0 Å². The molecule has 0 atom stereocenters. The van der Waals surface area contributed by atoms with Gasteiger partial charge in [-0.1, -0.05) is 66.7 Å². The molecule has 1 aliphatic carbocycles. The van der Waals surface area contributed by atoms with Gasteiger partial charge in [-0.25, -0.2) is 4.98 Å². The number of fused-ring (bicyclic) bond motifs is 11. The second kappa shape index (κ2) is 6.11. The van der Waals surface area contributed by atoms with Crippen LogP contribution in [0, 0.1) is 0 Å². The minimum Gasteiger partial charge on any atom is -0.453 e. The summed E-state index contributed by atoms with van der Waals surface area (Å²) in [5.74, 6) is 0. The van der Waals surface area contributed by atoms with E-state index < -0.39 is 0 Å². The van der Waals surface area contributed by atoms with Crippen LogP contribution in [0.25, 0.3) is 60.7 Å². The van der Waals surface area contributed by atoms with Crippen LogP contribution in [0.15, 0.2) is 102 Å². The summed E-state index contributed by atoms with van der Waals surface area (Å²) in [5, 5.41) is 3.38. The van der Waals surface area contributed by atoms with Crippen molar-refractivity contribution in [1.82, 2.24) is 9.55 Å². The summed E-state index contributed by atoms with van der Waals surface area (Å²) >= 11 is 0. The summed E-state index contributed by atoms with van der Waals surface area (Å²) in [5.41, 5.74) is 11.3. The van der Waals surface area contributed by atoms with Crippen LogP contribution in [0.5, 0.6) is 0 Å². The van der Waals surface area contributed by atoms with E-state index in [0.717, 1.165) is 50.6 Å². The Balaban J connectivity index is 1.56. The second-order valence-electron chi connectivity index (χ2n) is 8.80. The van der Waals surface area contributed by atoms with E-state index >= 15 is 0 Å². The number of aromatic nitrogens is 2. The van der Waals surface area contributed by atoms with E-state index in [-0.39, 0.29) is 0 Å². The molecule has 0 spiro atoms. The third kappa shape index (κ3) is 2.16. The van der Waals surface area contributed by atoms with Crippen LogP contribution in [0.1, 0.15) is 11.1 Å². The first-order chi connectivity index (χ1) is 16.4. The molecule has 3 heteroatoms. The molecule has 0 unspecified atom stereocenters. The Hall–Kier alpha value is -4.37. The molecule has 0 N–H and O–H groups in total. The quantitative estimate of drug-likeness (QED) is 0.272. The van der Waals surface area contributed by atoms with Crippen LogP contribution < -0.4 is 0 Å². The zero-order valence-corrected chi connectivity index (χ0v) is 17.7. The molecule has 0 amide bonds. The highest BCUT2D eigenvalue weighted by Crippen LogP contribution is 2.46. The highest BCUT2D eigenvalue weighted by molar-refractivity contribution is 6.23. The first-order valence-electron chi connectivity index (χ1n) is 11.3. The Morgan fingerprint density at radius 2 is 1.48 bits per heavy atom. The zero-order chi connectivity index (χ0) is 21.5. The number of hydrogen-bond acceptors (Lipinski definition) is 2. The molecule has 3 aromatic heterocycles. The van der Waals surface area contributed by atoms with Gasteiger partial charge in [0.05, 0.1) is 22.6 Å². The van der Waals surface area contributed by atoms with Crippen molar-refractivity contribution in [3.8, 4) is 16.8 Å². The maximum Gasteiger partial charge on any atom is 0.163 e. The van der Waals surface area contributed by atoms with Gasteiger partial charge >= 0.3 is 0 Å². The number of nitrogens with zero attached hydrogens (tertiary/aromatic N) is 2. The standard InChI is InChI=1S/C30H18N2O/c1-2-9-20(10-3-1)32-24-13-7-6-12-22(24)27-25(32)17-31-28-23-15-14-19-16-18-8-4-5-11-21(18)26(19)29(23)33-30(27)28/h1-15,17H,16H2. The third-order valence-electron chi connectivity index (χ3n) is 7.05. The number of hydrogen-bond donors (Lipinski definition) is 0. The molecule has 0 saturated heterocycles. The number of rotatable bonds is 1. The lowest BCUT2D eigenvalue weighted by Crippen LogP contribution is -1.93. The van der Waals surface area contributed by atoms with Gasteiger partial charge in [0.15, 0.2) is 5.58 Å². The van der Waals surface area contributed by atoms with Crippen molar-refractivity contribution in [2.45, 2.75) is 6.42 Å². The van der Waals surface area contributed by atoms with Crippen molar-refractivity contribution in [3.63, 3.8) is 0 Å². The van der Waals surface area contributed by atoms with E-state index in [1.165, 1.54) is 27.6 Å². The van der Waals surface area contributed by atoms with Gasteiger partial charge in [-0.2, -0.15) is 0 Å². The van der Waals surface area contributed by atoms with Crippen molar-refractivity contribution < 1.29 is 4.42 Å². The van der Waals surface area contributed by atoms with Crippen LogP contribution in [0.3, 0.4) is 0 Å². The van der Waals surface area contributed by atoms with Crippen LogP contribution in [0.2, 0.25) is 0 Å². The minimum atomic E-state index is 0.867. The van der Waals surface area contributed by atoms with E-state index in [1.54, 1.807) is 0 Å². The first-order valence-corrected chi connectivity index (χ1v) is 11.3. The van der Waals surface area contributed by atoms with Crippen molar-refractivity contribution in [2.75, 3.05) is 0 Å². The fourth-order valence-corrected chi connectivity index (χ4v) is 5.65. The summed E-state index contributed by atoms with van der Waals surface area (Å²) in [6, 6.07) is 32.1. The van der Waals surface area contributed by atoms with Gasteiger partial charge in [-0.15, -0.1) is 0 Å². The van der Waals surface area contributed by atoms with E-state index in [1.807, 2.05) is 12.3 Å². The van der Waals surface area contributed by atoms with Gasteiger partial charge < -0.3 is 8.98 Å². The van der Waals surface area contributed by atoms with Crippen molar-refractivity contribution in [2.24, 2.45) is 0 Å². The molecule has 0 radical (unpaired) electrons. The summed E-state index contributed by atoms with van der Waals surface area (Å²) in [6.45, 7) is 0. The van der Waals surface area contributed by atoms with E-state index in [0.29, 0.717) is 0 Å². The molecule has 3 heterocycles. The smallest absolute Gasteiger partial charge is 0.163 e. The Labute approximate surface area is 189 Å². The zero-order valence-electron chi connectivity index (χ0n) is 17.7. The number of pyridine rings is 1. The van der Waals surface area contributed by atoms with Crippen LogP contribution >= 0.6 is 0 Å². The fourth-order valence-electron chi connectivity index (χ4n) is 5.65. The highest BCUT2D eigenvalue weighted by Gasteiger charge is 2.25.